The Morgan fingerprint density at radius 1 is 1.33 bits per heavy atom. The summed E-state index contributed by atoms with van der Waals surface area (Å²) in [5, 5.41) is 3.33. The SMILES string of the molecule is CC1CNCC1N(C)c1ccccc1F. The van der Waals surface area contributed by atoms with Crippen molar-refractivity contribution in [3.05, 3.63) is 30.1 Å². The van der Waals surface area contributed by atoms with E-state index in [2.05, 4.69) is 12.2 Å². The van der Waals surface area contributed by atoms with Gasteiger partial charge in [0.05, 0.1) is 5.69 Å². The maximum atomic E-state index is 13.6. The average Bonchev–Trinajstić information content (AvgIpc) is 2.64. The summed E-state index contributed by atoms with van der Waals surface area (Å²) in [5.74, 6) is 0.425. The molecule has 82 valence electrons. The van der Waals surface area contributed by atoms with Gasteiger partial charge in [0, 0.05) is 19.6 Å². The first-order chi connectivity index (χ1) is 7.20. The number of hydrogen-bond donors (Lipinski definition) is 1. The van der Waals surface area contributed by atoms with E-state index in [0.717, 1.165) is 13.1 Å². The predicted octanol–water partition coefficient (Wildman–Crippen LogP) is 1.87. The van der Waals surface area contributed by atoms with E-state index in [4.69, 9.17) is 0 Å². The second-order valence-corrected chi connectivity index (χ2v) is 4.27. The molecule has 2 rings (SSSR count). The van der Waals surface area contributed by atoms with E-state index in [1.54, 1.807) is 6.07 Å². The van der Waals surface area contributed by atoms with Crippen molar-refractivity contribution in [3.8, 4) is 0 Å². The molecule has 0 saturated carbocycles. The highest BCUT2D eigenvalue weighted by atomic mass is 19.1. The van der Waals surface area contributed by atoms with Crippen LogP contribution < -0.4 is 10.2 Å². The van der Waals surface area contributed by atoms with E-state index in [0.29, 0.717) is 17.6 Å². The molecule has 3 heteroatoms. The lowest BCUT2D eigenvalue weighted by Gasteiger charge is -2.29. The van der Waals surface area contributed by atoms with Crippen molar-refractivity contribution in [2.24, 2.45) is 5.92 Å². The summed E-state index contributed by atoms with van der Waals surface area (Å²) in [7, 11) is 1.96. The Balaban J connectivity index is 2.20. The minimum Gasteiger partial charge on any atom is -0.368 e. The minimum atomic E-state index is -0.140. The predicted molar refractivity (Wildman–Crippen MR) is 60.6 cm³/mol. The Hall–Kier alpha value is -1.09. The highest BCUT2D eigenvalue weighted by Crippen LogP contribution is 2.23. The number of rotatable bonds is 2. The lowest BCUT2D eigenvalue weighted by Crippen LogP contribution is -2.37. The van der Waals surface area contributed by atoms with Gasteiger partial charge in [-0.1, -0.05) is 19.1 Å². The number of benzene rings is 1. The van der Waals surface area contributed by atoms with Gasteiger partial charge in [0.1, 0.15) is 5.82 Å². The summed E-state index contributed by atoms with van der Waals surface area (Å²) < 4.78 is 13.6. The molecule has 2 atom stereocenters. The normalized spacial score (nSPS) is 25.5. The van der Waals surface area contributed by atoms with Crippen LogP contribution in [0.4, 0.5) is 10.1 Å². The van der Waals surface area contributed by atoms with Crippen molar-refractivity contribution in [1.82, 2.24) is 5.32 Å². The van der Waals surface area contributed by atoms with Crippen LogP contribution in [0, 0.1) is 11.7 Å². The number of nitrogens with zero attached hydrogens (tertiary/aromatic N) is 1. The number of nitrogens with one attached hydrogen (secondary N) is 1. The molecule has 0 bridgehead atoms. The van der Waals surface area contributed by atoms with Gasteiger partial charge in [-0.05, 0) is 24.6 Å². The van der Waals surface area contributed by atoms with Crippen LogP contribution in [0.1, 0.15) is 6.92 Å². The average molecular weight is 208 g/mol. The molecule has 0 radical (unpaired) electrons. The van der Waals surface area contributed by atoms with Crippen molar-refractivity contribution in [2.75, 3.05) is 25.0 Å². The molecule has 2 unspecified atom stereocenters. The topological polar surface area (TPSA) is 15.3 Å². The third-order valence-corrected chi connectivity index (χ3v) is 3.21. The highest BCUT2D eigenvalue weighted by Gasteiger charge is 2.27. The van der Waals surface area contributed by atoms with Crippen LogP contribution in [-0.4, -0.2) is 26.2 Å². The first-order valence-corrected chi connectivity index (χ1v) is 5.38. The second-order valence-electron chi connectivity index (χ2n) is 4.27. The maximum absolute atomic E-state index is 13.6. The Kier molecular flexibility index (Phi) is 2.91. The Morgan fingerprint density at radius 3 is 2.67 bits per heavy atom. The van der Waals surface area contributed by atoms with Crippen LogP contribution in [-0.2, 0) is 0 Å². The van der Waals surface area contributed by atoms with Crippen LogP contribution in [0.2, 0.25) is 0 Å². The lowest BCUT2D eigenvalue weighted by molar-refractivity contribution is 0.528. The van der Waals surface area contributed by atoms with Crippen LogP contribution >= 0.6 is 0 Å². The molecule has 1 saturated heterocycles. The summed E-state index contributed by atoms with van der Waals surface area (Å²) in [6, 6.07) is 7.34. The van der Waals surface area contributed by atoms with Crippen molar-refractivity contribution in [1.29, 1.82) is 0 Å². The van der Waals surface area contributed by atoms with Gasteiger partial charge in [-0.3, -0.25) is 0 Å². The first-order valence-electron chi connectivity index (χ1n) is 5.38. The fourth-order valence-electron chi connectivity index (χ4n) is 2.23. The number of para-hydroxylation sites is 1. The molecule has 1 aliphatic heterocycles. The van der Waals surface area contributed by atoms with Gasteiger partial charge in [-0.2, -0.15) is 0 Å². The van der Waals surface area contributed by atoms with Gasteiger partial charge in [0.15, 0.2) is 0 Å². The van der Waals surface area contributed by atoms with E-state index in [1.807, 2.05) is 24.1 Å². The first kappa shape index (κ1) is 10.4. The van der Waals surface area contributed by atoms with Gasteiger partial charge in [0.2, 0.25) is 0 Å². The molecular weight excluding hydrogens is 191 g/mol. The van der Waals surface area contributed by atoms with Crippen LogP contribution in [0.3, 0.4) is 0 Å². The smallest absolute Gasteiger partial charge is 0.146 e. The fourth-order valence-corrected chi connectivity index (χ4v) is 2.23. The third-order valence-electron chi connectivity index (χ3n) is 3.21. The molecule has 0 aliphatic carbocycles. The van der Waals surface area contributed by atoms with Gasteiger partial charge >= 0.3 is 0 Å². The second kappa shape index (κ2) is 4.19. The Morgan fingerprint density at radius 2 is 2.07 bits per heavy atom. The van der Waals surface area contributed by atoms with Crippen LogP contribution in [0.5, 0.6) is 0 Å². The largest absolute Gasteiger partial charge is 0.368 e. The van der Waals surface area contributed by atoms with Crippen molar-refractivity contribution in [2.45, 2.75) is 13.0 Å². The van der Waals surface area contributed by atoms with E-state index in [-0.39, 0.29) is 5.82 Å². The Labute approximate surface area is 90.1 Å². The number of halogens is 1. The van der Waals surface area contributed by atoms with Crippen LogP contribution in [0.15, 0.2) is 24.3 Å². The highest BCUT2D eigenvalue weighted by molar-refractivity contribution is 5.48. The standard InChI is InChI=1S/C12H17FN2/c1-9-7-14-8-12(9)15(2)11-6-4-3-5-10(11)13/h3-6,9,12,14H,7-8H2,1-2H3. The van der Waals surface area contributed by atoms with Crippen molar-refractivity contribution in [3.63, 3.8) is 0 Å². The molecule has 2 nitrogen and oxygen atoms in total. The Bertz CT molecular complexity index is 340. The zero-order chi connectivity index (χ0) is 10.8. The fraction of sp³-hybridized carbons (Fsp3) is 0.500. The molecular formula is C12H17FN2. The molecule has 0 aromatic heterocycles. The molecule has 0 spiro atoms. The molecule has 1 aromatic rings. The molecule has 1 aliphatic rings. The van der Waals surface area contributed by atoms with E-state index < -0.39 is 0 Å². The molecule has 0 amide bonds. The van der Waals surface area contributed by atoms with E-state index >= 15 is 0 Å². The van der Waals surface area contributed by atoms with Gasteiger partial charge in [0.25, 0.3) is 0 Å². The molecule has 1 fully saturated rings. The molecule has 1 aromatic carbocycles. The molecule has 1 N–H and O–H groups in total. The monoisotopic (exact) mass is 208 g/mol. The van der Waals surface area contributed by atoms with Gasteiger partial charge < -0.3 is 10.2 Å². The van der Waals surface area contributed by atoms with E-state index in [1.165, 1.54) is 6.07 Å². The molecule has 1 heterocycles. The summed E-state index contributed by atoms with van der Waals surface area (Å²) in [5.41, 5.74) is 0.693. The zero-order valence-electron chi connectivity index (χ0n) is 9.20. The van der Waals surface area contributed by atoms with Crippen molar-refractivity contribution >= 4 is 5.69 Å². The number of hydrogen-bond acceptors (Lipinski definition) is 2. The molecule has 15 heavy (non-hydrogen) atoms. The maximum Gasteiger partial charge on any atom is 0.146 e. The van der Waals surface area contributed by atoms with E-state index in [9.17, 15) is 4.39 Å². The zero-order valence-corrected chi connectivity index (χ0v) is 9.20. The summed E-state index contributed by atoms with van der Waals surface area (Å²) >= 11 is 0. The number of likely N-dealkylation sites (N-methyl/N-ethyl adjacent to an activating group) is 1. The van der Waals surface area contributed by atoms with Crippen molar-refractivity contribution < 1.29 is 4.39 Å². The number of anilines is 1. The summed E-state index contributed by atoms with van der Waals surface area (Å²) in [6.45, 7) is 4.15. The minimum absolute atomic E-state index is 0.140. The third kappa shape index (κ3) is 1.97. The van der Waals surface area contributed by atoms with Crippen LogP contribution in [0.25, 0.3) is 0 Å². The summed E-state index contributed by atoms with van der Waals surface area (Å²) in [4.78, 5) is 2.04. The van der Waals surface area contributed by atoms with Gasteiger partial charge in [-0.25, -0.2) is 4.39 Å². The lowest BCUT2D eigenvalue weighted by atomic mass is 10.0. The summed E-state index contributed by atoms with van der Waals surface area (Å²) in [6.07, 6.45) is 0. The quantitative estimate of drug-likeness (QED) is 0.798. The van der Waals surface area contributed by atoms with Gasteiger partial charge in [-0.15, -0.1) is 0 Å².